The molecule has 1 amide bonds. The fraction of sp³-hybridized carbons (Fsp3) is 0.438. The smallest absolute Gasteiger partial charge is 0.374 e. The highest BCUT2D eigenvalue weighted by Gasteiger charge is 2.53. The number of hydrogen-bond acceptors (Lipinski definition) is 5. The lowest BCUT2D eigenvalue weighted by molar-refractivity contribution is -0.127. The molecule has 3 unspecified atom stereocenters. The molecule has 0 aliphatic carbocycles. The molecule has 2 bridgehead atoms. The number of aromatic amines is 1. The lowest BCUT2D eigenvalue weighted by atomic mass is 9.75. The molecule has 2 aliphatic heterocycles. The number of hydrogen-bond donors (Lipinski definition) is 2. The third-order valence-electron chi connectivity index (χ3n) is 4.82. The standard InChI is InChI=1S/C16H17N3O4/c1-16(8-11-5-6-12(16)22-11)14(20)17-10-4-2-3-9(7-10)13-18-15(21)23-19-13/h2-4,7,11-12H,5-6,8H2,1H3,(H,17,20)(H,18,19,21). The van der Waals surface area contributed by atoms with Crippen molar-refractivity contribution in [3.63, 3.8) is 0 Å². The van der Waals surface area contributed by atoms with Crippen molar-refractivity contribution < 1.29 is 14.1 Å². The lowest BCUT2D eigenvalue weighted by Crippen LogP contribution is -2.41. The van der Waals surface area contributed by atoms with Crippen molar-refractivity contribution >= 4 is 11.6 Å². The molecule has 3 heterocycles. The minimum Gasteiger partial charge on any atom is -0.374 e. The second-order valence-electron chi connectivity index (χ2n) is 6.42. The molecule has 3 atom stereocenters. The van der Waals surface area contributed by atoms with Crippen molar-refractivity contribution in [3.8, 4) is 11.4 Å². The number of aromatic nitrogens is 2. The van der Waals surface area contributed by atoms with Gasteiger partial charge in [0.15, 0.2) is 5.82 Å². The van der Waals surface area contributed by atoms with Crippen LogP contribution in [0.15, 0.2) is 33.6 Å². The van der Waals surface area contributed by atoms with Crippen molar-refractivity contribution in [3.05, 3.63) is 34.8 Å². The Labute approximate surface area is 132 Å². The highest BCUT2D eigenvalue weighted by Crippen LogP contribution is 2.48. The van der Waals surface area contributed by atoms with Crippen LogP contribution in [0.1, 0.15) is 26.2 Å². The quantitative estimate of drug-likeness (QED) is 0.902. The predicted molar refractivity (Wildman–Crippen MR) is 81.8 cm³/mol. The van der Waals surface area contributed by atoms with E-state index in [9.17, 15) is 9.59 Å². The fourth-order valence-electron chi connectivity index (χ4n) is 3.54. The van der Waals surface area contributed by atoms with Crippen LogP contribution >= 0.6 is 0 Å². The molecule has 1 aromatic carbocycles. The monoisotopic (exact) mass is 315 g/mol. The molecule has 0 radical (unpaired) electrons. The van der Waals surface area contributed by atoms with Crippen LogP contribution in [0, 0.1) is 5.41 Å². The number of benzene rings is 1. The summed E-state index contributed by atoms with van der Waals surface area (Å²) >= 11 is 0. The van der Waals surface area contributed by atoms with Gasteiger partial charge in [0, 0.05) is 11.3 Å². The molecule has 2 aromatic rings. The summed E-state index contributed by atoms with van der Waals surface area (Å²) in [5.41, 5.74) is 0.838. The summed E-state index contributed by atoms with van der Waals surface area (Å²) in [4.78, 5) is 26.2. The van der Waals surface area contributed by atoms with Crippen LogP contribution in [-0.2, 0) is 9.53 Å². The molecule has 7 heteroatoms. The third kappa shape index (κ3) is 2.37. The van der Waals surface area contributed by atoms with Gasteiger partial charge in [0.05, 0.1) is 17.6 Å². The van der Waals surface area contributed by atoms with Crippen molar-refractivity contribution in [2.75, 3.05) is 5.32 Å². The summed E-state index contributed by atoms with van der Waals surface area (Å²) in [6.45, 7) is 1.96. The number of carbonyl (C=O) groups excluding carboxylic acids is 1. The van der Waals surface area contributed by atoms with Crippen LogP contribution in [0.3, 0.4) is 0 Å². The van der Waals surface area contributed by atoms with E-state index in [-0.39, 0.29) is 18.1 Å². The molecule has 7 nitrogen and oxygen atoms in total. The minimum absolute atomic E-state index is 0.00239. The number of amides is 1. The van der Waals surface area contributed by atoms with Crippen molar-refractivity contribution in [2.45, 2.75) is 38.4 Å². The van der Waals surface area contributed by atoms with E-state index in [0.717, 1.165) is 19.3 Å². The highest BCUT2D eigenvalue weighted by atomic mass is 16.5. The number of H-pyrrole nitrogens is 1. The molecule has 1 aromatic heterocycles. The topological polar surface area (TPSA) is 97.2 Å². The fourth-order valence-corrected chi connectivity index (χ4v) is 3.54. The molecule has 2 fully saturated rings. The van der Waals surface area contributed by atoms with Gasteiger partial charge in [0.2, 0.25) is 5.91 Å². The third-order valence-corrected chi connectivity index (χ3v) is 4.82. The molecule has 2 aliphatic rings. The lowest BCUT2D eigenvalue weighted by Gasteiger charge is -2.29. The Balaban J connectivity index is 1.55. The normalized spacial score (nSPS) is 28.9. The van der Waals surface area contributed by atoms with Gasteiger partial charge in [-0.25, -0.2) is 4.79 Å². The van der Waals surface area contributed by atoms with E-state index in [0.29, 0.717) is 17.1 Å². The molecule has 4 rings (SSSR count). The van der Waals surface area contributed by atoms with Crippen molar-refractivity contribution in [2.24, 2.45) is 5.41 Å². The van der Waals surface area contributed by atoms with E-state index in [1.807, 2.05) is 6.92 Å². The summed E-state index contributed by atoms with van der Waals surface area (Å²) < 4.78 is 10.3. The molecule has 120 valence electrons. The van der Waals surface area contributed by atoms with Gasteiger partial charge in [-0.2, -0.15) is 0 Å². The second-order valence-corrected chi connectivity index (χ2v) is 6.42. The van der Waals surface area contributed by atoms with E-state index in [4.69, 9.17) is 4.74 Å². The van der Waals surface area contributed by atoms with Gasteiger partial charge in [-0.3, -0.25) is 14.3 Å². The van der Waals surface area contributed by atoms with Crippen LogP contribution < -0.4 is 11.1 Å². The van der Waals surface area contributed by atoms with Crippen molar-refractivity contribution in [1.82, 2.24) is 10.1 Å². The summed E-state index contributed by atoms with van der Waals surface area (Å²) in [6, 6.07) is 7.13. The van der Waals surface area contributed by atoms with Gasteiger partial charge < -0.3 is 10.1 Å². The van der Waals surface area contributed by atoms with Gasteiger partial charge in [0.25, 0.3) is 0 Å². The number of rotatable bonds is 3. The number of nitrogens with zero attached hydrogens (tertiary/aromatic N) is 1. The second kappa shape index (κ2) is 5.06. The van der Waals surface area contributed by atoms with Gasteiger partial charge >= 0.3 is 5.76 Å². The maximum atomic E-state index is 12.7. The van der Waals surface area contributed by atoms with Crippen LogP contribution in [-0.4, -0.2) is 28.3 Å². The average Bonchev–Trinajstić information content (AvgIpc) is 3.23. The zero-order chi connectivity index (χ0) is 16.0. The zero-order valence-corrected chi connectivity index (χ0v) is 12.7. The van der Waals surface area contributed by atoms with E-state index in [1.165, 1.54) is 0 Å². The molecule has 23 heavy (non-hydrogen) atoms. The number of nitrogens with one attached hydrogen (secondary N) is 2. The van der Waals surface area contributed by atoms with Crippen LogP contribution in [0.5, 0.6) is 0 Å². The van der Waals surface area contributed by atoms with E-state index < -0.39 is 11.2 Å². The first-order valence-electron chi connectivity index (χ1n) is 7.68. The number of anilines is 1. The molecule has 0 saturated carbocycles. The van der Waals surface area contributed by atoms with E-state index in [1.54, 1.807) is 24.3 Å². The molecule has 2 N–H and O–H groups in total. The SMILES string of the molecule is CC1(C(=O)Nc2cccc(-c3noc(=O)[nH]3)c2)CC2CCC1O2. The highest BCUT2D eigenvalue weighted by molar-refractivity contribution is 5.96. The first kappa shape index (κ1) is 14.2. The minimum atomic E-state index is -0.610. The summed E-state index contributed by atoms with van der Waals surface area (Å²) in [5, 5.41) is 6.61. The van der Waals surface area contributed by atoms with E-state index in [2.05, 4.69) is 20.0 Å². The first-order valence-corrected chi connectivity index (χ1v) is 7.68. The molecule has 0 spiro atoms. The maximum absolute atomic E-state index is 12.7. The number of ether oxygens (including phenoxy) is 1. The van der Waals surface area contributed by atoms with Crippen LogP contribution in [0.4, 0.5) is 5.69 Å². The Morgan fingerprint density at radius 2 is 2.30 bits per heavy atom. The molecular weight excluding hydrogens is 298 g/mol. The summed E-state index contributed by atoms with van der Waals surface area (Å²) in [5.74, 6) is -0.308. The number of carbonyl (C=O) groups is 1. The van der Waals surface area contributed by atoms with Gasteiger partial charge in [0.1, 0.15) is 0 Å². The molecule has 2 saturated heterocycles. The Bertz CT molecular complexity index is 811. The average molecular weight is 315 g/mol. The summed E-state index contributed by atoms with van der Waals surface area (Å²) in [7, 11) is 0. The number of fused-ring (bicyclic) bond motifs is 2. The predicted octanol–water partition coefficient (Wildman–Crippen LogP) is 1.93. The maximum Gasteiger partial charge on any atom is 0.439 e. The Hall–Kier alpha value is -2.41. The van der Waals surface area contributed by atoms with Crippen molar-refractivity contribution in [1.29, 1.82) is 0 Å². The molecular formula is C16H17N3O4. The van der Waals surface area contributed by atoms with Gasteiger partial charge in [-0.1, -0.05) is 17.3 Å². The van der Waals surface area contributed by atoms with E-state index >= 15 is 0 Å². The van der Waals surface area contributed by atoms with Gasteiger partial charge in [-0.15, -0.1) is 0 Å². The Morgan fingerprint density at radius 1 is 1.43 bits per heavy atom. The Kier molecular flexibility index (Phi) is 3.12. The van der Waals surface area contributed by atoms with Crippen LogP contribution in [0.2, 0.25) is 0 Å². The zero-order valence-electron chi connectivity index (χ0n) is 12.7. The van der Waals surface area contributed by atoms with Gasteiger partial charge in [-0.05, 0) is 38.3 Å². The van der Waals surface area contributed by atoms with Crippen LogP contribution in [0.25, 0.3) is 11.4 Å². The largest absolute Gasteiger partial charge is 0.439 e. The first-order chi connectivity index (χ1) is 11.0. The Morgan fingerprint density at radius 3 is 2.96 bits per heavy atom. The summed E-state index contributed by atoms with van der Waals surface area (Å²) in [6.07, 6.45) is 2.96.